The van der Waals surface area contributed by atoms with Crippen LogP contribution in [0.15, 0.2) is 53.0 Å². The summed E-state index contributed by atoms with van der Waals surface area (Å²) in [7, 11) is 0. The number of aryl methyl sites for hydroxylation is 1. The van der Waals surface area contributed by atoms with Crippen LogP contribution in [0.2, 0.25) is 0 Å². The molecule has 2 rings (SSSR count). The minimum atomic E-state index is -0.0909. The molecule has 0 atom stereocenters. The molecule has 0 aliphatic carbocycles. The Morgan fingerprint density at radius 1 is 1.06 bits per heavy atom. The monoisotopic (exact) mass is 289 g/mol. The standard InChI is InChI=1S/C14H12BrNO/c1-10-4-2-3-5-13(10)16-14(17)11-6-8-12(15)9-7-11/h2-9H,1H3,(H,16,17). The van der Waals surface area contributed by atoms with Crippen molar-refractivity contribution in [3.05, 3.63) is 64.1 Å². The number of nitrogens with one attached hydrogen (secondary N) is 1. The van der Waals surface area contributed by atoms with E-state index in [-0.39, 0.29) is 5.91 Å². The van der Waals surface area contributed by atoms with Gasteiger partial charge in [-0.05, 0) is 42.8 Å². The van der Waals surface area contributed by atoms with E-state index in [0.29, 0.717) is 5.56 Å². The Morgan fingerprint density at radius 2 is 1.71 bits per heavy atom. The quantitative estimate of drug-likeness (QED) is 0.889. The van der Waals surface area contributed by atoms with Crippen molar-refractivity contribution in [1.29, 1.82) is 0 Å². The number of benzene rings is 2. The Morgan fingerprint density at radius 3 is 2.35 bits per heavy atom. The summed E-state index contributed by atoms with van der Waals surface area (Å²) in [6.45, 7) is 1.97. The highest BCUT2D eigenvalue weighted by molar-refractivity contribution is 9.10. The number of halogens is 1. The second kappa shape index (κ2) is 5.15. The average molecular weight is 290 g/mol. The first-order chi connectivity index (χ1) is 8.16. The maximum Gasteiger partial charge on any atom is 0.255 e. The van der Waals surface area contributed by atoms with Crippen molar-refractivity contribution in [2.45, 2.75) is 6.92 Å². The predicted molar refractivity (Wildman–Crippen MR) is 73.3 cm³/mol. The molecule has 0 aliphatic heterocycles. The number of carbonyl (C=O) groups is 1. The van der Waals surface area contributed by atoms with Crippen molar-refractivity contribution in [3.8, 4) is 0 Å². The maximum atomic E-state index is 12.0. The largest absolute Gasteiger partial charge is 0.322 e. The molecule has 2 aromatic carbocycles. The molecule has 2 nitrogen and oxygen atoms in total. The zero-order valence-electron chi connectivity index (χ0n) is 9.41. The lowest BCUT2D eigenvalue weighted by molar-refractivity contribution is 0.102. The summed E-state index contributed by atoms with van der Waals surface area (Å²) < 4.78 is 0.963. The van der Waals surface area contributed by atoms with Gasteiger partial charge in [-0.25, -0.2) is 0 Å². The summed E-state index contributed by atoms with van der Waals surface area (Å²) in [6.07, 6.45) is 0. The van der Waals surface area contributed by atoms with Crippen molar-refractivity contribution >= 4 is 27.5 Å². The Labute approximate surface area is 109 Å². The van der Waals surface area contributed by atoms with Crippen LogP contribution in [0.3, 0.4) is 0 Å². The van der Waals surface area contributed by atoms with Gasteiger partial charge < -0.3 is 5.32 Å². The number of hydrogen-bond acceptors (Lipinski definition) is 1. The van der Waals surface area contributed by atoms with E-state index in [4.69, 9.17) is 0 Å². The lowest BCUT2D eigenvalue weighted by atomic mass is 10.1. The molecule has 0 unspecified atom stereocenters. The number of carbonyl (C=O) groups excluding carboxylic acids is 1. The number of hydrogen-bond donors (Lipinski definition) is 1. The number of rotatable bonds is 2. The SMILES string of the molecule is Cc1ccccc1NC(=O)c1ccc(Br)cc1. The van der Waals surface area contributed by atoms with Crippen LogP contribution in [0.1, 0.15) is 15.9 Å². The van der Waals surface area contributed by atoms with Crippen molar-refractivity contribution in [1.82, 2.24) is 0 Å². The highest BCUT2D eigenvalue weighted by atomic mass is 79.9. The van der Waals surface area contributed by atoms with E-state index in [0.717, 1.165) is 15.7 Å². The van der Waals surface area contributed by atoms with Crippen LogP contribution < -0.4 is 5.32 Å². The van der Waals surface area contributed by atoms with Gasteiger partial charge >= 0.3 is 0 Å². The van der Waals surface area contributed by atoms with Gasteiger partial charge in [0.2, 0.25) is 0 Å². The normalized spacial score (nSPS) is 10.0. The fourth-order valence-electron chi connectivity index (χ4n) is 1.51. The van der Waals surface area contributed by atoms with Crippen LogP contribution in [0.4, 0.5) is 5.69 Å². The molecule has 0 aromatic heterocycles. The van der Waals surface area contributed by atoms with Gasteiger partial charge in [-0.3, -0.25) is 4.79 Å². The minimum absolute atomic E-state index is 0.0909. The molecule has 0 saturated carbocycles. The highest BCUT2D eigenvalue weighted by Crippen LogP contribution is 2.16. The van der Waals surface area contributed by atoms with Crippen LogP contribution in [0.5, 0.6) is 0 Å². The summed E-state index contributed by atoms with van der Waals surface area (Å²) in [5.41, 5.74) is 2.55. The molecule has 0 bridgehead atoms. The van der Waals surface area contributed by atoms with Crippen molar-refractivity contribution in [3.63, 3.8) is 0 Å². The average Bonchev–Trinajstić information content (AvgIpc) is 2.33. The molecular weight excluding hydrogens is 278 g/mol. The summed E-state index contributed by atoms with van der Waals surface area (Å²) in [5.74, 6) is -0.0909. The van der Waals surface area contributed by atoms with Crippen LogP contribution >= 0.6 is 15.9 Å². The molecule has 2 aromatic rings. The summed E-state index contributed by atoms with van der Waals surface area (Å²) in [6, 6.07) is 15.0. The summed E-state index contributed by atoms with van der Waals surface area (Å²) in [5, 5.41) is 2.89. The van der Waals surface area contributed by atoms with E-state index >= 15 is 0 Å². The van der Waals surface area contributed by atoms with E-state index in [1.165, 1.54) is 0 Å². The van der Waals surface area contributed by atoms with Crippen molar-refractivity contribution in [2.24, 2.45) is 0 Å². The van der Waals surface area contributed by atoms with Gasteiger partial charge in [0.15, 0.2) is 0 Å². The van der Waals surface area contributed by atoms with Crippen molar-refractivity contribution < 1.29 is 4.79 Å². The van der Waals surface area contributed by atoms with Gasteiger partial charge in [-0.15, -0.1) is 0 Å². The number of amides is 1. The molecule has 3 heteroatoms. The first-order valence-corrected chi connectivity index (χ1v) is 6.08. The lowest BCUT2D eigenvalue weighted by Gasteiger charge is -2.07. The third-order valence-corrected chi connectivity index (χ3v) is 3.03. The van der Waals surface area contributed by atoms with E-state index in [1.54, 1.807) is 12.1 Å². The molecule has 0 fully saturated rings. The van der Waals surface area contributed by atoms with Gasteiger partial charge in [-0.1, -0.05) is 34.1 Å². The third-order valence-electron chi connectivity index (χ3n) is 2.50. The predicted octanol–water partition coefficient (Wildman–Crippen LogP) is 4.01. The third kappa shape index (κ3) is 2.94. The Hall–Kier alpha value is -1.61. The summed E-state index contributed by atoms with van der Waals surface area (Å²) >= 11 is 3.34. The summed E-state index contributed by atoms with van der Waals surface area (Å²) in [4.78, 5) is 12.0. The zero-order chi connectivity index (χ0) is 12.3. The molecule has 0 spiro atoms. The molecule has 17 heavy (non-hydrogen) atoms. The maximum absolute atomic E-state index is 12.0. The van der Waals surface area contributed by atoms with E-state index in [2.05, 4.69) is 21.2 Å². The second-order valence-corrected chi connectivity index (χ2v) is 4.69. The fraction of sp³-hybridized carbons (Fsp3) is 0.0714. The van der Waals surface area contributed by atoms with Crippen molar-refractivity contribution in [2.75, 3.05) is 5.32 Å². The Balaban J connectivity index is 2.17. The Bertz CT molecular complexity index is 534. The second-order valence-electron chi connectivity index (χ2n) is 3.78. The van der Waals surface area contributed by atoms with E-state index in [9.17, 15) is 4.79 Å². The smallest absolute Gasteiger partial charge is 0.255 e. The zero-order valence-corrected chi connectivity index (χ0v) is 11.0. The van der Waals surface area contributed by atoms with Crippen LogP contribution in [0, 0.1) is 6.92 Å². The molecule has 1 N–H and O–H groups in total. The Kier molecular flexibility index (Phi) is 3.59. The first-order valence-electron chi connectivity index (χ1n) is 5.29. The number of anilines is 1. The molecule has 0 saturated heterocycles. The highest BCUT2D eigenvalue weighted by Gasteiger charge is 2.06. The molecule has 0 radical (unpaired) electrons. The molecule has 0 aliphatic rings. The topological polar surface area (TPSA) is 29.1 Å². The van der Waals surface area contributed by atoms with Crippen LogP contribution in [-0.4, -0.2) is 5.91 Å². The molecule has 1 amide bonds. The van der Waals surface area contributed by atoms with Crippen LogP contribution in [-0.2, 0) is 0 Å². The van der Waals surface area contributed by atoms with Gasteiger partial charge in [0.05, 0.1) is 0 Å². The molecule has 86 valence electrons. The molecule has 0 heterocycles. The fourth-order valence-corrected chi connectivity index (χ4v) is 1.77. The number of para-hydroxylation sites is 1. The van der Waals surface area contributed by atoms with Gasteiger partial charge in [-0.2, -0.15) is 0 Å². The van der Waals surface area contributed by atoms with E-state index < -0.39 is 0 Å². The lowest BCUT2D eigenvalue weighted by Crippen LogP contribution is -2.12. The van der Waals surface area contributed by atoms with Gasteiger partial charge in [0, 0.05) is 15.7 Å². The van der Waals surface area contributed by atoms with Gasteiger partial charge in [0.1, 0.15) is 0 Å². The first kappa shape index (κ1) is 11.9. The van der Waals surface area contributed by atoms with Gasteiger partial charge in [0.25, 0.3) is 5.91 Å². The molecular formula is C14H12BrNO. The van der Waals surface area contributed by atoms with Crippen LogP contribution in [0.25, 0.3) is 0 Å². The minimum Gasteiger partial charge on any atom is -0.322 e. The van der Waals surface area contributed by atoms with E-state index in [1.807, 2.05) is 43.3 Å².